The monoisotopic (exact) mass is 234 g/mol. The summed E-state index contributed by atoms with van der Waals surface area (Å²) in [6.45, 7) is 2.87. The van der Waals surface area contributed by atoms with Gasteiger partial charge in [-0.1, -0.05) is 0 Å². The van der Waals surface area contributed by atoms with Gasteiger partial charge in [0.1, 0.15) is 11.7 Å². The number of amidine groups is 1. The third-order valence-corrected chi connectivity index (χ3v) is 3.25. The van der Waals surface area contributed by atoms with Crippen LogP contribution in [0.25, 0.3) is 0 Å². The number of nitrogen functional groups attached to an aromatic ring is 1. The molecule has 3 N–H and O–H groups in total. The molecule has 5 nitrogen and oxygen atoms in total. The Morgan fingerprint density at radius 1 is 1.65 bits per heavy atom. The minimum atomic E-state index is 0.0674. The van der Waals surface area contributed by atoms with E-state index in [9.17, 15) is 0 Å². The Labute approximate surface area is 101 Å². The molecule has 0 aromatic carbocycles. The Morgan fingerprint density at radius 3 is 3.00 bits per heavy atom. The van der Waals surface area contributed by atoms with Gasteiger partial charge >= 0.3 is 0 Å². The van der Waals surface area contributed by atoms with Crippen molar-refractivity contribution in [2.45, 2.75) is 25.5 Å². The van der Waals surface area contributed by atoms with Crippen LogP contribution in [0, 0.1) is 5.41 Å². The molecule has 1 aromatic rings. The highest BCUT2D eigenvalue weighted by Gasteiger charge is 2.28. The molecule has 0 saturated carbocycles. The van der Waals surface area contributed by atoms with Crippen LogP contribution in [-0.4, -0.2) is 36.6 Å². The van der Waals surface area contributed by atoms with Gasteiger partial charge in [-0.2, -0.15) is 0 Å². The second kappa shape index (κ2) is 4.71. The summed E-state index contributed by atoms with van der Waals surface area (Å²) in [6, 6.07) is 3.92. The molecule has 5 heteroatoms. The average Bonchev–Trinajstić information content (AvgIpc) is 2.74. The van der Waals surface area contributed by atoms with Crippen LogP contribution in [0.15, 0.2) is 18.3 Å². The molecule has 0 aliphatic carbocycles. The van der Waals surface area contributed by atoms with Crippen molar-refractivity contribution in [1.82, 2.24) is 4.98 Å². The van der Waals surface area contributed by atoms with Crippen LogP contribution < -0.4 is 10.6 Å². The molecule has 92 valence electrons. The lowest BCUT2D eigenvalue weighted by atomic mass is 10.1. The molecule has 2 unspecified atom stereocenters. The van der Waals surface area contributed by atoms with Gasteiger partial charge in [0.05, 0.1) is 12.1 Å². The third-order valence-electron chi connectivity index (χ3n) is 3.25. The Kier molecular flexibility index (Phi) is 3.28. The number of aromatic nitrogens is 1. The van der Waals surface area contributed by atoms with E-state index < -0.39 is 0 Å². The predicted octanol–water partition coefficient (Wildman–Crippen LogP) is 0.979. The number of rotatable bonds is 3. The van der Waals surface area contributed by atoms with Gasteiger partial charge in [-0.3, -0.25) is 5.41 Å². The van der Waals surface area contributed by atoms with E-state index in [1.165, 1.54) is 0 Å². The van der Waals surface area contributed by atoms with E-state index in [2.05, 4.69) is 16.8 Å². The molecule has 2 atom stereocenters. The van der Waals surface area contributed by atoms with Gasteiger partial charge in [-0.25, -0.2) is 4.98 Å². The van der Waals surface area contributed by atoms with Crippen LogP contribution in [-0.2, 0) is 4.74 Å². The highest BCUT2D eigenvalue weighted by molar-refractivity contribution is 5.95. The van der Waals surface area contributed by atoms with Crippen molar-refractivity contribution in [2.75, 3.05) is 18.6 Å². The molecule has 0 spiro atoms. The molecule has 17 heavy (non-hydrogen) atoms. The molecule has 0 amide bonds. The molecule has 2 rings (SSSR count). The van der Waals surface area contributed by atoms with E-state index in [1.807, 2.05) is 13.1 Å². The minimum absolute atomic E-state index is 0.0674. The van der Waals surface area contributed by atoms with Gasteiger partial charge in [0.25, 0.3) is 0 Å². The zero-order valence-corrected chi connectivity index (χ0v) is 10.2. The molecule has 1 aliphatic rings. The van der Waals surface area contributed by atoms with Gasteiger partial charge in [0.15, 0.2) is 0 Å². The van der Waals surface area contributed by atoms with Gasteiger partial charge in [0, 0.05) is 25.4 Å². The number of hydrogen-bond acceptors (Lipinski definition) is 4. The van der Waals surface area contributed by atoms with Crippen LogP contribution in [0.4, 0.5) is 5.82 Å². The number of likely N-dealkylation sites (N-methyl/N-ethyl adjacent to an activating group) is 1. The SMILES string of the molecule is CC1OCCC1N(C)c1cc(C(=N)N)ccn1. The van der Waals surface area contributed by atoms with Crippen molar-refractivity contribution >= 4 is 11.7 Å². The fourth-order valence-electron chi connectivity index (χ4n) is 2.18. The zero-order valence-electron chi connectivity index (χ0n) is 10.2. The molecule has 1 aliphatic heterocycles. The molecule has 0 radical (unpaired) electrons. The number of nitrogens with two attached hydrogens (primary N) is 1. The van der Waals surface area contributed by atoms with Crippen molar-refractivity contribution in [3.05, 3.63) is 23.9 Å². The molecule has 0 bridgehead atoms. The molecule has 1 fully saturated rings. The zero-order chi connectivity index (χ0) is 12.4. The topological polar surface area (TPSA) is 75.2 Å². The number of nitrogens with zero attached hydrogens (tertiary/aromatic N) is 2. The third kappa shape index (κ3) is 2.39. The maximum absolute atomic E-state index is 7.43. The first-order valence-electron chi connectivity index (χ1n) is 5.74. The fourth-order valence-corrected chi connectivity index (χ4v) is 2.18. The van der Waals surface area contributed by atoms with E-state index in [1.54, 1.807) is 12.3 Å². The Bertz CT molecular complexity index is 421. The maximum Gasteiger partial charge on any atom is 0.129 e. The largest absolute Gasteiger partial charge is 0.384 e. The second-order valence-electron chi connectivity index (χ2n) is 4.36. The van der Waals surface area contributed by atoms with Gasteiger partial charge in [-0.15, -0.1) is 0 Å². The van der Waals surface area contributed by atoms with Crippen LogP contribution in [0.5, 0.6) is 0 Å². The number of ether oxygens (including phenoxy) is 1. The van der Waals surface area contributed by atoms with E-state index in [0.717, 1.165) is 18.8 Å². The number of hydrogen-bond donors (Lipinski definition) is 2. The van der Waals surface area contributed by atoms with Gasteiger partial charge in [-0.05, 0) is 25.5 Å². The van der Waals surface area contributed by atoms with Crippen molar-refractivity contribution < 1.29 is 4.74 Å². The highest BCUT2D eigenvalue weighted by Crippen LogP contribution is 2.23. The van der Waals surface area contributed by atoms with Crippen molar-refractivity contribution in [3.8, 4) is 0 Å². The summed E-state index contributed by atoms with van der Waals surface area (Å²) in [7, 11) is 2.00. The lowest BCUT2D eigenvalue weighted by Crippen LogP contribution is -2.37. The smallest absolute Gasteiger partial charge is 0.129 e. The number of pyridine rings is 1. The first-order chi connectivity index (χ1) is 8.09. The summed E-state index contributed by atoms with van der Waals surface area (Å²) in [6.07, 6.45) is 2.90. The summed E-state index contributed by atoms with van der Waals surface area (Å²) < 4.78 is 5.55. The number of anilines is 1. The Hall–Kier alpha value is -1.62. The maximum atomic E-state index is 7.43. The second-order valence-corrected chi connectivity index (χ2v) is 4.36. The van der Waals surface area contributed by atoms with Gasteiger partial charge in [0.2, 0.25) is 0 Å². The molecular weight excluding hydrogens is 216 g/mol. The first-order valence-corrected chi connectivity index (χ1v) is 5.74. The summed E-state index contributed by atoms with van der Waals surface area (Å²) in [5.74, 6) is 0.901. The quantitative estimate of drug-likeness (QED) is 0.604. The highest BCUT2D eigenvalue weighted by atomic mass is 16.5. The summed E-state index contributed by atoms with van der Waals surface area (Å²) in [5, 5.41) is 7.43. The molecule has 1 aromatic heterocycles. The van der Waals surface area contributed by atoms with Crippen molar-refractivity contribution in [2.24, 2.45) is 5.73 Å². The Balaban J connectivity index is 2.21. The van der Waals surface area contributed by atoms with E-state index in [0.29, 0.717) is 11.6 Å². The van der Waals surface area contributed by atoms with Gasteiger partial charge < -0.3 is 15.4 Å². The minimum Gasteiger partial charge on any atom is -0.384 e. The van der Waals surface area contributed by atoms with Crippen LogP contribution >= 0.6 is 0 Å². The van der Waals surface area contributed by atoms with E-state index in [-0.39, 0.29) is 11.9 Å². The van der Waals surface area contributed by atoms with Crippen LogP contribution in [0.1, 0.15) is 18.9 Å². The van der Waals surface area contributed by atoms with Crippen LogP contribution in [0.3, 0.4) is 0 Å². The summed E-state index contributed by atoms with van der Waals surface area (Å²) in [5.41, 5.74) is 6.18. The molecule has 1 saturated heterocycles. The molecular formula is C12H18N4O. The normalized spacial score (nSPS) is 23.6. The van der Waals surface area contributed by atoms with Crippen LogP contribution in [0.2, 0.25) is 0 Å². The first kappa shape index (κ1) is 11.9. The van der Waals surface area contributed by atoms with Crippen molar-refractivity contribution in [3.63, 3.8) is 0 Å². The van der Waals surface area contributed by atoms with E-state index in [4.69, 9.17) is 15.9 Å². The predicted molar refractivity (Wildman–Crippen MR) is 67.5 cm³/mol. The van der Waals surface area contributed by atoms with E-state index >= 15 is 0 Å². The summed E-state index contributed by atoms with van der Waals surface area (Å²) in [4.78, 5) is 6.42. The number of nitrogens with one attached hydrogen (secondary N) is 1. The lowest BCUT2D eigenvalue weighted by molar-refractivity contribution is 0.118. The molecule has 2 heterocycles. The lowest BCUT2D eigenvalue weighted by Gasteiger charge is -2.27. The average molecular weight is 234 g/mol. The summed E-state index contributed by atoms with van der Waals surface area (Å²) >= 11 is 0. The van der Waals surface area contributed by atoms with Crippen molar-refractivity contribution in [1.29, 1.82) is 5.41 Å². The Morgan fingerprint density at radius 2 is 2.41 bits per heavy atom. The standard InChI is InChI=1S/C12H18N4O/c1-8-10(4-6-17-8)16(2)11-7-9(12(13)14)3-5-15-11/h3,5,7-8,10H,4,6H2,1-2H3,(H3,13,14). The fraction of sp³-hybridized carbons (Fsp3) is 0.500.